The quantitative estimate of drug-likeness (QED) is 0.685. The highest BCUT2D eigenvalue weighted by atomic mass is 35.5. The molecule has 6 heteroatoms. The minimum absolute atomic E-state index is 0.0365. The van der Waals surface area contributed by atoms with E-state index < -0.39 is 0 Å². The predicted octanol–water partition coefficient (Wildman–Crippen LogP) is 3.49. The van der Waals surface area contributed by atoms with Crippen LogP contribution in [0.4, 0.5) is 0 Å². The van der Waals surface area contributed by atoms with Gasteiger partial charge in [0.15, 0.2) is 0 Å². The Kier molecular flexibility index (Phi) is 4.77. The minimum Gasteiger partial charge on any atom is -0.335 e. The maximum absolute atomic E-state index is 13.0. The van der Waals surface area contributed by atoms with Gasteiger partial charge in [-0.3, -0.25) is 14.6 Å². The zero-order chi connectivity index (χ0) is 18.8. The third-order valence-electron chi connectivity index (χ3n) is 4.81. The highest BCUT2D eigenvalue weighted by molar-refractivity contribution is 6.30. The molecule has 1 aliphatic heterocycles. The van der Waals surface area contributed by atoms with E-state index in [-0.39, 0.29) is 11.8 Å². The van der Waals surface area contributed by atoms with Crippen molar-refractivity contribution >= 4 is 34.3 Å². The first-order valence-corrected chi connectivity index (χ1v) is 9.19. The largest absolute Gasteiger partial charge is 0.335 e. The number of pyridine rings is 1. The van der Waals surface area contributed by atoms with E-state index in [2.05, 4.69) is 4.98 Å². The molecular formula is C21H18ClN3O2. The molecule has 4 rings (SSSR count). The molecule has 2 aromatic carbocycles. The second-order valence-electron chi connectivity index (χ2n) is 6.47. The summed E-state index contributed by atoms with van der Waals surface area (Å²) in [6.07, 6.45) is 1.70. The van der Waals surface area contributed by atoms with Gasteiger partial charge in [-0.1, -0.05) is 29.8 Å². The number of hydrogen-bond donors (Lipinski definition) is 0. The Morgan fingerprint density at radius 2 is 1.44 bits per heavy atom. The fourth-order valence-electron chi connectivity index (χ4n) is 3.33. The highest BCUT2D eigenvalue weighted by Crippen LogP contribution is 2.19. The lowest BCUT2D eigenvalue weighted by Gasteiger charge is -2.35. The molecule has 1 aliphatic rings. The van der Waals surface area contributed by atoms with Crippen molar-refractivity contribution in [2.45, 2.75) is 0 Å². The van der Waals surface area contributed by atoms with Crippen LogP contribution in [0.15, 0.2) is 60.8 Å². The molecule has 1 saturated heterocycles. The van der Waals surface area contributed by atoms with Gasteiger partial charge in [-0.05, 0) is 36.4 Å². The molecule has 0 aliphatic carbocycles. The van der Waals surface area contributed by atoms with Crippen molar-refractivity contribution in [1.29, 1.82) is 0 Å². The lowest BCUT2D eigenvalue weighted by Crippen LogP contribution is -2.50. The van der Waals surface area contributed by atoms with E-state index >= 15 is 0 Å². The number of halogens is 1. The number of para-hydroxylation sites is 1. The SMILES string of the molecule is O=C(c1ccc(Cl)cc1)N1CCN(C(=O)c2cccc3cccnc23)CC1. The van der Waals surface area contributed by atoms with E-state index in [4.69, 9.17) is 11.6 Å². The van der Waals surface area contributed by atoms with Crippen molar-refractivity contribution in [3.05, 3.63) is 76.9 Å². The number of amides is 2. The Hall–Kier alpha value is -2.92. The van der Waals surface area contributed by atoms with Crippen LogP contribution in [-0.4, -0.2) is 52.8 Å². The Labute approximate surface area is 162 Å². The van der Waals surface area contributed by atoms with Gasteiger partial charge in [0.25, 0.3) is 11.8 Å². The van der Waals surface area contributed by atoms with E-state index in [0.29, 0.717) is 47.8 Å². The number of fused-ring (bicyclic) bond motifs is 1. The molecule has 0 bridgehead atoms. The van der Waals surface area contributed by atoms with Crippen molar-refractivity contribution in [3.8, 4) is 0 Å². The van der Waals surface area contributed by atoms with Gasteiger partial charge >= 0.3 is 0 Å². The molecule has 136 valence electrons. The Bertz CT molecular complexity index is 990. The normalized spacial score (nSPS) is 14.4. The van der Waals surface area contributed by atoms with Crippen LogP contribution in [-0.2, 0) is 0 Å². The minimum atomic E-state index is -0.0436. The summed E-state index contributed by atoms with van der Waals surface area (Å²) in [5, 5.41) is 1.55. The van der Waals surface area contributed by atoms with Gasteiger partial charge in [0.2, 0.25) is 0 Å². The van der Waals surface area contributed by atoms with Gasteiger partial charge in [-0.25, -0.2) is 0 Å². The predicted molar refractivity (Wildman–Crippen MR) is 105 cm³/mol. The molecule has 1 fully saturated rings. The van der Waals surface area contributed by atoms with Crippen molar-refractivity contribution in [2.24, 2.45) is 0 Å². The lowest BCUT2D eigenvalue weighted by molar-refractivity contribution is 0.0536. The van der Waals surface area contributed by atoms with E-state index in [1.165, 1.54) is 0 Å². The molecule has 1 aromatic heterocycles. The average Bonchev–Trinajstić information content (AvgIpc) is 2.73. The standard InChI is InChI=1S/C21H18ClN3O2/c22-17-8-6-16(7-9-17)20(26)24-11-13-25(14-12-24)21(27)18-5-1-3-15-4-2-10-23-19(15)18/h1-10H,11-14H2. The van der Waals surface area contributed by atoms with Crippen LogP contribution < -0.4 is 0 Å². The smallest absolute Gasteiger partial charge is 0.256 e. The van der Waals surface area contributed by atoms with Crippen molar-refractivity contribution in [2.75, 3.05) is 26.2 Å². The van der Waals surface area contributed by atoms with Crippen LogP contribution in [0.5, 0.6) is 0 Å². The number of nitrogens with zero attached hydrogens (tertiary/aromatic N) is 3. The summed E-state index contributed by atoms with van der Waals surface area (Å²) < 4.78 is 0. The van der Waals surface area contributed by atoms with Crippen molar-refractivity contribution < 1.29 is 9.59 Å². The third-order valence-corrected chi connectivity index (χ3v) is 5.06. The molecule has 3 aromatic rings. The summed E-state index contributed by atoms with van der Waals surface area (Å²) in [6, 6.07) is 16.3. The topological polar surface area (TPSA) is 53.5 Å². The maximum atomic E-state index is 13.0. The lowest BCUT2D eigenvalue weighted by atomic mass is 10.1. The molecule has 0 spiro atoms. The molecule has 0 radical (unpaired) electrons. The van der Waals surface area contributed by atoms with Crippen LogP contribution in [0.2, 0.25) is 5.02 Å². The van der Waals surface area contributed by atoms with Crippen LogP contribution in [0, 0.1) is 0 Å². The van der Waals surface area contributed by atoms with Crippen molar-refractivity contribution in [1.82, 2.24) is 14.8 Å². The Morgan fingerprint density at radius 1 is 0.815 bits per heavy atom. The van der Waals surface area contributed by atoms with Crippen LogP contribution >= 0.6 is 11.6 Å². The second-order valence-corrected chi connectivity index (χ2v) is 6.91. The van der Waals surface area contributed by atoms with Crippen LogP contribution in [0.25, 0.3) is 10.9 Å². The zero-order valence-corrected chi connectivity index (χ0v) is 15.4. The Balaban J connectivity index is 1.46. The molecule has 0 N–H and O–H groups in total. The summed E-state index contributed by atoms with van der Waals surface area (Å²) in [7, 11) is 0. The summed E-state index contributed by atoms with van der Waals surface area (Å²) in [5.74, 6) is -0.0801. The number of aromatic nitrogens is 1. The van der Waals surface area contributed by atoms with E-state index in [1.807, 2.05) is 30.3 Å². The molecule has 2 amide bonds. The Morgan fingerprint density at radius 3 is 2.15 bits per heavy atom. The van der Waals surface area contributed by atoms with Crippen molar-refractivity contribution in [3.63, 3.8) is 0 Å². The summed E-state index contributed by atoms with van der Waals surface area (Å²) in [5.41, 5.74) is 1.92. The first-order chi connectivity index (χ1) is 13.1. The molecular weight excluding hydrogens is 362 g/mol. The van der Waals surface area contributed by atoms with Gasteiger partial charge in [0, 0.05) is 48.3 Å². The van der Waals surface area contributed by atoms with E-state index in [1.54, 1.807) is 40.3 Å². The van der Waals surface area contributed by atoms with Gasteiger partial charge < -0.3 is 9.80 Å². The summed E-state index contributed by atoms with van der Waals surface area (Å²) in [4.78, 5) is 33.5. The van der Waals surface area contributed by atoms with Crippen LogP contribution in [0.3, 0.4) is 0 Å². The van der Waals surface area contributed by atoms with Gasteiger partial charge in [-0.2, -0.15) is 0 Å². The molecule has 27 heavy (non-hydrogen) atoms. The van der Waals surface area contributed by atoms with E-state index in [0.717, 1.165) is 5.39 Å². The molecule has 0 unspecified atom stereocenters. The number of carbonyl (C=O) groups excluding carboxylic acids is 2. The molecule has 0 atom stereocenters. The van der Waals surface area contributed by atoms with Gasteiger partial charge in [0.1, 0.15) is 0 Å². The average molecular weight is 380 g/mol. The number of benzene rings is 2. The number of carbonyl (C=O) groups is 2. The zero-order valence-electron chi connectivity index (χ0n) is 14.6. The monoisotopic (exact) mass is 379 g/mol. The summed E-state index contributed by atoms with van der Waals surface area (Å²) >= 11 is 5.88. The first-order valence-electron chi connectivity index (χ1n) is 8.81. The molecule has 0 saturated carbocycles. The third kappa shape index (κ3) is 3.51. The molecule has 5 nitrogen and oxygen atoms in total. The maximum Gasteiger partial charge on any atom is 0.256 e. The van der Waals surface area contributed by atoms with E-state index in [9.17, 15) is 9.59 Å². The van der Waals surface area contributed by atoms with Gasteiger partial charge in [0.05, 0.1) is 11.1 Å². The fraction of sp³-hybridized carbons (Fsp3) is 0.190. The van der Waals surface area contributed by atoms with Gasteiger partial charge in [-0.15, -0.1) is 0 Å². The fourth-order valence-corrected chi connectivity index (χ4v) is 3.46. The molecule has 2 heterocycles. The summed E-state index contributed by atoms with van der Waals surface area (Å²) in [6.45, 7) is 2.01. The first kappa shape index (κ1) is 17.5. The highest BCUT2D eigenvalue weighted by Gasteiger charge is 2.26. The second kappa shape index (κ2) is 7.37. The number of hydrogen-bond acceptors (Lipinski definition) is 3. The number of piperazine rings is 1. The van der Waals surface area contributed by atoms with Crippen LogP contribution in [0.1, 0.15) is 20.7 Å². The number of rotatable bonds is 2.